The summed E-state index contributed by atoms with van der Waals surface area (Å²) in [5, 5.41) is 2.82. The molecule has 116 valence electrons. The van der Waals surface area contributed by atoms with Gasteiger partial charge in [0.25, 0.3) is 0 Å². The fraction of sp³-hybridized carbons (Fsp3) is 0.538. The normalized spacial score (nSPS) is 19.3. The molecule has 1 aromatic heterocycles. The van der Waals surface area contributed by atoms with Crippen LogP contribution in [-0.4, -0.2) is 49.7 Å². The van der Waals surface area contributed by atoms with Gasteiger partial charge in [-0.3, -0.25) is 4.98 Å². The van der Waals surface area contributed by atoms with Crippen LogP contribution in [-0.2, 0) is 16.6 Å². The first-order valence-corrected chi connectivity index (χ1v) is 8.72. The van der Waals surface area contributed by atoms with Gasteiger partial charge in [-0.1, -0.05) is 6.07 Å². The lowest BCUT2D eigenvalue weighted by Crippen LogP contribution is -2.51. The van der Waals surface area contributed by atoms with Crippen molar-refractivity contribution in [2.24, 2.45) is 0 Å². The minimum absolute atomic E-state index is 0.182. The second kappa shape index (κ2) is 6.86. The number of nitrogens with one attached hydrogen (secondary N) is 2. The topological polar surface area (TPSA) is 91.4 Å². The number of carbonyl (C=O) groups excluding carboxylic acids is 1. The fourth-order valence-corrected chi connectivity index (χ4v) is 3.15. The SMILES string of the molecule is CS(=O)(=O)N[C@@H]1CCCN(C(=O)NCc2cccnc2)C1. The van der Waals surface area contributed by atoms with E-state index >= 15 is 0 Å². The van der Waals surface area contributed by atoms with Gasteiger partial charge >= 0.3 is 6.03 Å². The molecule has 0 unspecified atom stereocenters. The summed E-state index contributed by atoms with van der Waals surface area (Å²) in [6.07, 6.45) is 6.04. The zero-order chi connectivity index (χ0) is 15.3. The third kappa shape index (κ3) is 5.31. The van der Waals surface area contributed by atoms with Crippen molar-refractivity contribution in [1.82, 2.24) is 19.9 Å². The van der Waals surface area contributed by atoms with Crippen molar-refractivity contribution in [3.8, 4) is 0 Å². The Morgan fingerprint density at radius 2 is 2.33 bits per heavy atom. The number of likely N-dealkylation sites (tertiary alicyclic amines) is 1. The number of hydrogen-bond acceptors (Lipinski definition) is 4. The monoisotopic (exact) mass is 312 g/mol. The summed E-state index contributed by atoms with van der Waals surface area (Å²) in [5.41, 5.74) is 0.925. The molecule has 0 bridgehead atoms. The predicted molar refractivity (Wildman–Crippen MR) is 79.0 cm³/mol. The average Bonchev–Trinajstić information content (AvgIpc) is 2.44. The smallest absolute Gasteiger partial charge is 0.317 e. The summed E-state index contributed by atoms with van der Waals surface area (Å²) in [5.74, 6) is 0. The molecule has 0 aromatic carbocycles. The van der Waals surface area contributed by atoms with E-state index in [2.05, 4.69) is 15.0 Å². The van der Waals surface area contributed by atoms with E-state index in [0.717, 1.165) is 24.7 Å². The molecule has 2 heterocycles. The van der Waals surface area contributed by atoms with Crippen LogP contribution < -0.4 is 10.0 Å². The third-order valence-electron chi connectivity index (χ3n) is 3.26. The highest BCUT2D eigenvalue weighted by Gasteiger charge is 2.25. The van der Waals surface area contributed by atoms with Gasteiger partial charge in [0.05, 0.1) is 6.26 Å². The number of aromatic nitrogens is 1. The van der Waals surface area contributed by atoms with Crippen molar-refractivity contribution < 1.29 is 13.2 Å². The summed E-state index contributed by atoms with van der Waals surface area (Å²) in [6.45, 7) is 1.44. The first-order chi connectivity index (χ1) is 9.94. The van der Waals surface area contributed by atoms with Crippen molar-refractivity contribution in [2.45, 2.75) is 25.4 Å². The van der Waals surface area contributed by atoms with Crippen molar-refractivity contribution in [1.29, 1.82) is 0 Å². The molecule has 0 aliphatic carbocycles. The van der Waals surface area contributed by atoms with E-state index in [1.54, 1.807) is 17.3 Å². The van der Waals surface area contributed by atoms with Crippen molar-refractivity contribution in [3.63, 3.8) is 0 Å². The number of rotatable bonds is 4. The van der Waals surface area contributed by atoms with Crippen LogP contribution in [0.3, 0.4) is 0 Å². The first-order valence-electron chi connectivity index (χ1n) is 6.83. The summed E-state index contributed by atoms with van der Waals surface area (Å²) < 4.78 is 25.1. The van der Waals surface area contributed by atoms with Gasteiger partial charge in [0, 0.05) is 38.1 Å². The maximum Gasteiger partial charge on any atom is 0.317 e. The van der Waals surface area contributed by atoms with Gasteiger partial charge < -0.3 is 10.2 Å². The zero-order valence-corrected chi connectivity index (χ0v) is 12.8. The number of hydrogen-bond donors (Lipinski definition) is 2. The Kier molecular flexibility index (Phi) is 5.13. The minimum Gasteiger partial charge on any atom is -0.334 e. The van der Waals surface area contributed by atoms with E-state index in [1.807, 2.05) is 12.1 Å². The quantitative estimate of drug-likeness (QED) is 0.837. The molecule has 0 spiro atoms. The maximum atomic E-state index is 12.1. The second-order valence-electron chi connectivity index (χ2n) is 5.20. The van der Waals surface area contributed by atoms with E-state index in [-0.39, 0.29) is 12.1 Å². The number of piperidine rings is 1. The van der Waals surface area contributed by atoms with Gasteiger partial charge in [-0.2, -0.15) is 0 Å². The van der Waals surface area contributed by atoms with Crippen LogP contribution >= 0.6 is 0 Å². The summed E-state index contributed by atoms with van der Waals surface area (Å²) >= 11 is 0. The molecule has 0 saturated carbocycles. The lowest BCUT2D eigenvalue weighted by Gasteiger charge is -2.32. The number of amides is 2. The molecule has 1 aromatic rings. The maximum absolute atomic E-state index is 12.1. The highest BCUT2D eigenvalue weighted by atomic mass is 32.2. The molecule has 1 aliphatic heterocycles. The van der Waals surface area contributed by atoms with Crippen LogP contribution in [0.25, 0.3) is 0 Å². The molecular formula is C13H20N4O3S. The molecule has 2 amide bonds. The van der Waals surface area contributed by atoms with Gasteiger partial charge in [0.1, 0.15) is 0 Å². The van der Waals surface area contributed by atoms with Crippen molar-refractivity contribution in [3.05, 3.63) is 30.1 Å². The molecule has 1 fully saturated rings. The van der Waals surface area contributed by atoms with E-state index in [1.165, 1.54) is 0 Å². The number of nitrogens with zero attached hydrogens (tertiary/aromatic N) is 2. The van der Waals surface area contributed by atoms with Crippen molar-refractivity contribution in [2.75, 3.05) is 19.3 Å². The summed E-state index contributed by atoms with van der Waals surface area (Å²) in [7, 11) is -3.24. The Morgan fingerprint density at radius 3 is 3.00 bits per heavy atom. The lowest BCUT2D eigenvalue weighted by atomic mass is 10.1. The van der Waals surface area contributed by atoms with Gasteiger partial charge in [-0.25, -0.2) is 17.9 Å². The van der Waals surface area contributed by atoms with Gasteiger partial charge in [-0.05, 0) is 24.5 Å². The van der Waals surface area contributed by atoms with E-state index in [9.17, 15) is 13.2 Å². The third-order valence-corrected chi connectivity index (χ3v) is 4.02. The molecule has 21 heavy (non-hydrogen) atoms. The second-order valence-corrected chi connectivity index (χ2v) is 6.98. The molecular weight excluding hydrogens is 292 g/mol. The predicted octanol–water partition coefficient (Wildman–Crippen LogP) is 0.305. The molecule has 1 atom stereocenters. The van der Waals surface area contributed by atoms with Crippen LogP contribution in [0.2, 0.25) is 0 Å². The molecule has 7 nitrogen and oxygen atoms in total. The van der Waals surface area contributed by atoms with Crippen molar-refractivity contribution >= 4 is 16.1 Å². The number of pyridine rings is 1. The molecule has 2 rings (SSSR count). The van der Waals surface area contributed by atoms with Crippen LogP contribution in [0.1, 0.15) is 18.4 Å². The number of urea groups is 1. The zero-order valence-electron chi connectivity index (χ0n) is 11.9. The Labute approximate surface area is 124 Å². The van der Waals surface area contributed by atoms with Crippen LogP contribution in [0.5, 0.6) is 0 Å². The summed E-state index contributed by atoms with van der Waals surface area (Å²) in [6, 6.07) is 3.31. The molecule has 1 aliphatic rings. The Morgan fingerprint density at radius 1 is 1.52 bits per heavy atom. The summed E-state index contributed by atoms with van der Waals surface area (Å²) in [4.78, 5) is 17.7. The standard InChI is InChI=1S/C13H20N4O3S/c1-21(19,20)16-12-5-3-7-17(10-12)13(18)15-9-11-4-2-6-14-8-11/h2,4,6,8,12,16H,3,5,7,9-10H2,1H3,(H,15,18)/t12-/m1/s1. The Balaban J connectivity index is 1.84. The van der Waals surface area contributed by atoms with Gasteiger partial charge in [-0.15, -0.1) is 0 Å². The van der Waals surface area contributed by atoms with E-state index < -0.39 is 10.0 Å². The molecule has 0 radical (unpaired) electrons. The van der Waals surface area contributed by atoms with Crippen LogP contribution in [0.15, 0.2) is 24.5 Å². The molecule has 2 N–H and O–H groups in total. The number of carbonyl (C=O) groups is 1. The van der Waals surface area contributed by atoms with E-state index in [0.29, 0.717) is 19.6 Å². The highest BCUT2D eigenvalue weighted by molar-refractivity contribution is 7.88. The van der Waals surface area contributed by atoms with Gasteiger partial charge in [0.15, 0.2) is 0 Å². The molecule has 1 saturated heterocycles. The van der Waals surface area contributed by atoms with Crippen LogP contribution in [0.4, 0.5) is 4.79 Å². The van der Waals surface area contributed by atoms with E-state index in [4.69, 9.17) is 0 Å². The number of sulfonamides is 1. The fourth-order valence-electron chi connectivity index (χ4n) is 2.35. The highest BCUT2D eigenvalue weighted by Crippen LogP contribution is 2.11. The van der Waals surface area contributed by atoms with Crippen LogP contribution in [0, 0.1) is 0 Å². The largest absolute Gasteiger partial charge is 0.334 e. The average molecular weight is 312 g/mol. The first kappa shape index (κ1) is 15.7. The Bertz CT molecular complexity index is 576. The molecule has 8 heteroatoms. The Hall–Kier alpha value is -1.67. The minimum atomic E-state index is -3.24. The van der Waals surface area contributed by atoms with Gasteiger partial charge in [0.2, 0.25) is 10.0 Å². The lowest BCUT2D eigenvalue weighted by molar-refractivity contribution is 0.177.